The molecule has 4 rings (SSSR count). The highest BCUT2D eigenvalue weighted by Crippen LogP contribution is 2.59. The van der Waals surface area contributed by atoms with Crippen molar-refractivity contribution in [2.75, 3.05) is 0 Å². The predicted octanol–water partition coefficient (Wildman–Crippen LogP) is 2.68. The van der Waals surface area contributed by atoms with E-state index in [1.54, 1.807) is 0 Å². The lowest BCUT2D eigenvalue weighted by Gasteiger charge is -2.25. The van der Waals surface area contributed by atoms with Gasteiger partial charge in [0.1, 0.15) is 0 Å². The Balaban J connectivity index is 1.79. The molecule has 1 aromatic heterocycles. The molecule has 1 N–H and O–H groups in total. The van der Waals surface area contributed by atoms with Gasteiger partial charge in [-0.2, -0.15) is 0 Å². The van der Waals surface area contributed by atoms with E-state index in [0.717, 1.165) is 25.8 Å². The summed E-state index contributed by atoms with van der Waals surface area (Å²) in [6, 6.07) is 10.6. The van der Waals surface area contributed by atoms with Crippen LogP contribution in [0.15, 0.2) is 30.3 Å². The quantitative estimate of drug-likeness (QED) is 0.834. The van der Waals surface area contributed by atoms with Crippen LogP contribution in [-0.4, -0.2) is 15.6 Å². The Hall–Kier alpha value is -1.77. The van der Waals surface area contributed by atoms with Crippen LogP contribution in [0.25, 0.3) is 10.9 Å². The predicted molar refractivity (Wildman–Crippen MR) is 68.4 cm³/mol. The Kier molecular flexibility index (Phi) is 1.79. The van der Waals surface area contributed by atoms with Crippen molar-refractivity contribution in [3.05, 3.63) is 36.0 Å². The monoisotopic (exact) mass is 241 g/mol. The number of aryl methyl sites for hydroxylation is 1. The smallest absolute Gasteiger partial charge is 0.307 e. The van der Waals surface area contributed by atoms with E-state index in [9.17, 15) is 9.90 Å². The van der Waals surface area contributed by atoms with Gasteiger partial charge in [-0.3, -0.25) is 4.79 Å². The average molecular weight is 241 g/mol. The van der Waals surface area contributed by atoms with E-state index >= 15 is 0 Å². The number of carbonyl (C=O) groups is 1. The zero-order valence-corrected chi connectivity index (χ0v) is 10.1. The Bertz CT molecular complexity index is 658. The number of carboxylic acids is 1. The summed E-state index contributed by atoms with van der Waals surface area (Å²) < 4.78 is 2.34. The fourth-order valence-corrected chi connectivity index (χ4v) is 3.58. The first-order chi connectivity index (χ1) is 8.70. The van der Waals surface area contributed by atoms with Crippen LogP contribution in [0.3, 0.4) is 0 Å². The maximum Gasteiger partial charge on any atom is 0.307 e. The fourth-order valence-electron chi connectivity index (χ4n) is 3.58. The molecule has 0 radical (unpaired) electrons. The Morgan fingerprint density at radius 3 is 3.00 bits per heavy atom. The summed E-state index contributed by atoms with van der Waals surface area (Å²) in [6.07, 6.45) is 2.90. The number of fused-ring (bicyclic) bond motifs is 3. The molecule has 92 valence electrons. The van der Waals surface area contributed by atoms with E-state index in [2.05, 4.69) is 34.9 Å². The van der Waals surface area contributed by atoms with Crippen molar-refractivity contribution >= 4 is 16.9 Å². The molecule has 1 aliphatic heterocycles. The molecule has 1 aromatic carbocycles. The Morgan fingerprint density at radius 2 is 2.22 bits per heavy atom. The van der Waals surface area contributed by atoms with Crippen LogP contribution in [-0.2, 0) is 17.8 Å². The first-order valence-electron chi connectivity index (χ1n) is 6.50. The highest BCUT2D eigenvalue weighted by Gasteiger charge is 2.59. The molecule has 18 heavy (non-hydrogen) atoms. The van der Waals surface area contributed by atoms with E-state index in [1.165, 1.54) is 16.6 Å². The molecule has 2 aliphatic rings. The van der Waals surface area contributed by atoms with Gasteiger partial charge in [-0.1, -0.05) is 18.2 Å². The molecule has 1 fully saturated rings. The van der Waals surface area contributed by atoms with Crippen LogP contribution in [0, 0.1) is 11.3 Å². The molecule has 0 saturated heterocycles. The van der Waals surface area contributed by atoms with Crippen molar-refractivity contribution in [1.82, 2.24) is 4.57 Å². The number of benzene rings is 1. The first kappa shape index (κ1) is 10.2. The standard InChI is InChI=1S/C15H15NO2/c17-14(18)12-8-15(12)6-5-11-7-10-3-1-2-4-13(10)16(11)9-15/h1-4,7,12H,5-6,8-9H2,(H,17,18). The minimum Gasteiger partial charge on any atom is -0.481 e. The van der Waals surface area contributed by atoms with Gasteiger partial charge in [-0.25, -0.2) is 0 Å². The van der Waals surface area contributed by atoms with Crippen molar-refractivity contribution in [2.45, 2.75) is 25.8 Å². The van der Waals surface area contributed by atoms with Crippen LogP contribution in [0.1, 0.15) is 18.5 Å². The third kappa shape index (κ3) is 1.22. The summed E-state index contributed by atoms with van der Waals surface area (Å²) in [6.45, 7) is 0.882. The summed E-state index contributed by atoms with van der Waals surface area (Å²) in [5.74, 6) is -0.735. The lowest BCUT2D eigenvalue weighted by Crippen LogP contribution is -2.24. The third-order valence-electron chi connectivity index (χ3n) is 4.74. The van der Waals surface area contributed by atoms with Crippen molar-refractivity contribution < 1.29 is 9.90 Å². The molecule has 2 heterocycles. The van der Waals surface area contributed by atoms with Crippen LogP contribution >= 0.6 is 0 Å². The number of carboxylic acid groups (broad SMARTS) is 1. The lowest BCUT2D eigenvalue weighted by atomic mass is 9.92. The second kappa shape index (κ2) is 3.16. The second-order valence-corrected chi connectivity index (χ2v) is 5.74. The lowest BCUT2D eigenvalue weighted by molar-refractivity contribution is -0.139. The summed E-state index contributed by atoms with van der Waals surface area (Å²) in [4.78, 5) is 11.1. The van der Waals surface area contributed by atoms with Crippen LogP contribution < -0.4 is 0 Å². The molecule has 0 amide bonds. The molecule has 3 heteroatoms. The Morgan fingerprint density at radius 1 is 1.39 bits per heavy atom. The van der Waals surface area contributed by atoms with Crippen LogP contribution in [0.4, 0.5) is 0 Å². The van der Waals surface area contributed by atoms with Gasteiger partial charge in [0.15, 0.2) is 0 Å². The largest absolute Gasteiger partial charge is 0.481 e. The van der Waals surface area contributed by atoms with Gasteiger partial charge in [0, 0.05) is 23.2 Å². The summed E-state index contributed by atoms with van der Waals surface area (Å²) in [5, 5.41) is 10.4. The molecule has 2 aromatic rings. The molecule has 0 bridgehead atoms. The van der Waals surface area contributed by atoms with Crippen molar-refractivity contribution in [2.24, 2.45) is 11.3 Å². The van der Waals surface area contributed by atoms with Gasteiger partial charge < -0.3 is 9.67 Å². The highest BCUT2D eigenvalue weighted by atomic mass is 16.4. The molecule has 1 aliphatic carbocycles. The molecule has 1 saturated carbocycles. The number of hydrogen-bond donors (Lipinski definition) is 1. The fraction of sp³-hybridized carbons (Fsp3) is 0.400. The van der Waals surface area contributed by atoms with Crippen LogP contribution in [0.5, 0.6) is 0 Å². The molecule has 1 spiro atoms. The van der Waals surface area contributed by atoms with Crippen molar-refractivity contribution in [1.29, 1.82) is 0 Å². The third-order valence-corrected chi connectivity index (χ3v) is 4.74. The highest BCUT2D eigenvalue weighted by molar-refractivity contribution is 5.82. The molecule has 2 unspecified atom stereocenters. The van der Waals surface area contributed by atoms with E-state index in [-0.39, 0.29) is 11.3 Å². The maximum atomic E-state index is 11.1. The molecule has 3 nitrogen and oxygen atoms in total. The molecular weight excluding hydrogens is 226 g/mol. The van der Waals surface area contributed by atoms with Crippen molar-refractivity contribution in [3.8, 4) is 0 Å². The molecular formula is C15H15NO2. The summed E-state index contributed by atoms with van der Waals surface area (Å²) in [7, 11) is 0. The number of aromatic nitrogens is 1. The number of nitrogens with zero attached hydrogens (tertiary/aromatic N) is 1. The van der Waals surface area contributed by atoms with Gasteiger partial charge in [-0.05, 0) is 36.8 Å². The van der Waals surface area contributed by atoms with E-state index in [4.69, 9.17) is 0 Å². The molecule has 2 atom stereocenters. The maximum absolute atomic E-state index is 11.1. The number of para-hydroxylation sites is 1. The number of rotatable bonds is 1. The van der Waals surface area contributed by atoms with Gasteiger partial charge in [0.25, 0.3) is 0 Å². The van der Waals surface area contributed by atoms with Gasteiger partial charge in [-0.15, -0.1) is 0 Å². The zero-order valence-electron chi connectivity index (χ0n) is 10.1. The number of aliphatic carboxylic acids is 1. The van der Waals surface area contributed by atoms with Gasteiger partial charge in [0.05, 0.1) is 5.92 Å². The topological polar surface area (TPSA) is 42.2 Å². The minimum atomic E-state index is -0.616. The van der Waals surface area contributed by atoms with E-state index < -0.39 is 5.97 Å². The van der Waals surface area contributed by atoms with E-state index in [0.29, 0.717) is 0 Å². The second-order valence-electron chi connectivity index (χ2n) is 5.74. The van der Waals surface area contributed by atoms with Crippen molar-refractivity contribution in [3.63, 3.8) is 0 Å². The van der Waals surface area contributed by atoms with Crippen LogP contribution in [0.2, 0.25) is 0 Å². The summed E-state index contributed by atoms with van der Waals surface area (Å²) >= 11 is 0. The number of hydrogen-bond acceptors (Lipinski definition) is 1. The summed E-state index contributed by atoms with van der Waals surface area (Å²) in [5.41, 5.74) is 2.65. The SMILES string of the molecule is O=C(O)C1CC12CCc1cc3ccccc3n1C2. The minimum absolute atomic E-state index is 0.0423. The first-order valence-corrected chi connectivity index (χ1v) is 6.50. The van der Waals surface area contributed by atoms with E-state index in [1.807, 2.05) is 0 Å². The normalized spacial score (nSPS) is 29.4. The van der Waals surface area contributed by atoms with Gasteiger partial charge in [0.2, 0.25) is 0 Å². The Labute approximate surface area is 105 Å². The average Bonchev–Trinajstić information content (AvgIpc) is 2.94. The van der Waals surface area contributed by atoms with Gasteiger partial charge >= 0.3 is 5.97 Å². The zero-order chi connectivity index (χ0) is 12.3.